The van der Waals surface area contributed by atoms with E-state index < -0.39 is 0 Å². The number of nitrogens with zero attached hydrogens (tertiary/aromatic N) is 2. The first-order valence-corrected chi connectivity index (χ1v) is 7.26. The average Bonchev–Trinajstić information content (AvgIpc) is 2.48. The van der Waals surface area contributed by atoms with Gasteiger partial charge in [0.05, 0.1) is 18.4 Å². The lowest BCUT2D eigenvalue weighted by molar-refractivity contribution is 0.610. The van der Waals surface area contributed by atoms with E-state index in [2.05, 4.69) is 32.9 Å². The highest BCUT2D eigenvalue weighted by Gasteiger charge is 2.08. The van der Waals surface area contributed by atoms with Gasteiger partial charge in [-0.15, -0.1) is 6.58 Å². The summed E-state index contributed by atoms with van der Waals surface area (Å²) in [6.45, 7) is 4.43. The van der Waals surface area contributed by atoms with Crippen molar-refractivity contribution in [3.05, 3.63) is 69.3 Å². The van der Waals surface area contributed by atoms with Crippen LogP contribution in [0.15, 0.2) is 52.4 Å². The Balaban J connectivity index is 2.04. The zero-order valence-electron chi connectivity index (χ0n) is 11.4. The minimum Gasteiger partial charge on any atom is -0.382 e. The highest BCUT2D eigenvalue weighted by Crippen LogP contribution is 2.16. The molecule has 1 aromatic heterocycles. The quantitative estimate of drug-likeness (QED) is 0.813. The van der Waals surface area contributed by atoms with Gasteiger partial charge in [-0.05, 0) is 34.0 Å². The maximum atomic E-state index is 13.5. The molecule has 4 nitrogen and oxygen atoms in total. The molecular weight excluding hydrogens is 337 g/mol. The summed E-state index contributed by atoms with van der Waals surface area (Å²) in [5, 5.41) is 7.12. The molecule has 2 rings (SSSR count). The zero-order valence-corrected chi connectivity index (χ0v) is 12.9. The molecule has 6 heteroatoms. The largest absolute Gasteiger partial charge is 0.382 e. The number of allylic oxidation sites excluding steroid dienone is 1. The van der Waals surface area contributed by atoms with Crippen LogP contribution in [0.4, 0.5) is 10.1 Å². The van der Waals surface area contributed by atoms with E-state index in [1.54, 1.807) is 30.5 Å². The molecule has 1 heterocycles. The summed E-state index contributed by atoms with van der Waals surface area (Å²) in [6.07, 6.45) is 3.69. The number of anilines is 1. The molecule has 0 saturated heterocycles. The van der Waals surface area contributed by atoms with E-state index in [1.165, 1.54) is 10.7 Å². The van der Waals surface area contributed by atoms with Gasteiger partial charge in [-0.1, -0.05) is 24.3 Å². The fraction of sp³-hybridized carbons (Fsp3) is 0.200. The molecule has 0 aliphatic heterocycles. The molecule has 2 aromatic rings. The zero-order chi connectivity index (χ0) is 15.2. The Morgan fingerprint density at radius 3 is 2.90 bits per heavy atom. The monoisotopic (exact) mass is 351 g/mol. The van der Waals surface area contributed by atoms with Crippen LogP contribution in [-0.4, -0.2) is 16.3 Å². The summed E-state index contributed by atoms with van der Waals surface area (Å²) in [4.78, 5) is 12.0. The number of nitrogens with one attached hydrogen (secondary N) is 1. The summed E-state index contributed by atoms with van der Waals surface area (Å²) >= 11 is 3.26. The second-order valence-corrected chi connectivity index (χ2v) is 5.21. The Labute approximate surface area is 130 Å². The molecule has 0 saturated carbocycles. The third kappa shape index (κ3) is 3.78. The number of halogens is 2. The summed E-state index contributed by atoms with van der Waals surface area (Å²) in [7, 11) is 0. The number of hydrogen-bond acceptors (Lipinski definition) is 3. The van der Waals surface area contributed by atoms with Crippen molar-refractivity contribution in [2.45, 2.75) is 13.0 Å². The van der Waals surface area contributed by atoms with Crippen LogP contribution in [0.1, 0.15) is 5.56 Å². The van der Waals surface area contributed by atoms with Crippen LogP contribution in [0, 0.1) is 5.82 Å². The van der Waals surface area contributed by atoms with Crippen molar-refractivity contribution in [2.24, 2.45) is 0 Å². The lowest BCUT2D eigenvalue weighted by atomic mass is 10.1. The van der Waals surface area contributed by atoms with E-state index in [0.717, 1.165) is 0 Å². The molecule has 0 radical (unpaired) electrons. The molecule has 0 amide bonds. The number of benzene rings is 1. The van der Waals surface area contributed by atoms with Gasteiger partial charge in [0.25, 0.3) is 5.56 Å². The second-order valence-electron chi connectivity index (χ2n) is 4.42. The third-order valence-electron chi connectivity index (χ3n) is 2.95. The number of hydrogen-bond donors (Lipinski definition) is 1. The van der Waals surface area contributed by atoms with Crippen molar-refractivity contribution >= 4 is 21.6 Å². The van der Waals surface area contributed by atoms with E-state index in [4.69, 9.17) is 0 Å². The van der Waals surface area contributed by atoms with Crippen molar-refractivity contribution in [1.82, 2.24) is 9.78 Å². The Morgan fingerprint density at radius 1 is 1.43 bits per heavy atom. The van der Waals surface area contributed by atoms with Gasteiger partial charge in [0.2, 0.25) is 0 Å². The van der Waals surface area contributed by atoms with Crippen molar-refractivity contribution in [2.75, 3.05) is 11.9 Å². The highest BCUT2D eigenvalue weighted by atomic mass is 79.9. The Kier molecular flexibility index (Phi) is 5.27. The van der Waals surface area contributed by atoms with E-state index in [0.29, 0.717) is 35.2 Å². The lowest BCUT2D eigenvalue weighted by Gasteiger charge is -2.10. The molecule has 0 unspecified atom stereocenters. The van der Waals surface area contributed by atoms with Gasteiger partial charge in [-0.2, -0.15) is 5.10 Å². The summed E-state index contributed by atoms with van der Waals surface area (Å²) in [5.74, 6) is -0.224. The predicted molar refractivity (Wildman–Crippen MR) is 85.0 cm³/mol. The first kappa shape index (κ1) is 15.4. The van der Waals surface area contributed by atoms with E-state index in [-0.39, 0.29) is 11.4 Å². The molecule has 0 atom stereocenters. The van der Waals surface area contributed by atoms with Crippen LogP contribution < -0.4 is 10.9 Å². The Bertz CT molecular complexity index is 700. The van der Waals surface area contributed by atoms with Crippen LogP contribution in [0.2, 0.25) is 0 Å². The minimum atomic E-state index is -0.231. The molecule has 0 spiro atoms. The predicted octanol–water partition coefficient (Wildman–Crippen LogP) is 2.99. The summed E-state index contributed by atoms with van der Waals surface area (Å²) in [5.41, 5.74) is 0.997. The van der Waals surface area contributed by atoms with Crippen LogP contribution in [0.5, 0.6) is 0 Å². The fourth-order valence-corrected chi connectivity index (χ4v) is 2.32. The molecular formula is C15H15BrFN3O. The van der Waals surface area contributed by atoms with Gasteiger partial charge in [-0.25, -0.2) is 9.07 Å². The molecule has 0 aliphatic carbocycles. The fourth-order valence-electron chi connectivity index (χ4n) is 1.87. The molecule has 0 fully saturated rings. The molecule has 1 N–H and O–H groups in total. The van der Waals surface area contributed by atoms with Crippen LogP contribution >= 0.6 is 15.9 Å². The average molecular weight is 352 g/mol. The van der Waals surface area contributed by atoms with E-state index >= 15 is 0 Å². The highest BCUT2D eigenvalue weighted by molar-refractivity contribution is 9.10. The maximum absolute atomic E-state index is 13.5. The Morgan fingerprint density at radius 2 is 2.19 bits per heavy atom. The van der Waals surface area contributed by atoms with E-state index in [1.807, 2.05) is 0 Å². The number of aromatic nitrogens is 2. The van der Waals surface area contributed by atoms with E-state index in [9.17, 15) is 9.18 Å². The molecule has 110 valence electrons. The second kappa shape index (κ2) is 7.17. The van der Waals surface area contributed by atoms with Crippen LogP contribution in [0.3, 0.4) is 0 Å². The van der Waals surface area contributed by atoms with Gasteiger partial charge in [0.1, 0.15) is 10.3 Å². The minimum absolute atomic E-state index is 0.224. The molecule has 0 bridgehead atoms. The smallest absolute Gasteiger partial charge is 0.283 e. The van der Waals surface area contributed by atoms with Crippen molar-refractivity contribution in [3.63, 3.8) is 0 Å². The van der Waals surface area contributed by atoms with Crippen molar-refractivity contribution < 1.29 is 4.39 Å². The molecule has 0 aliphatic rings. The van der Waals surface area contributed by atoms with Crippen molar-refractivity contribution in [1.29, 1.82) is 0 Å². The van der Waals surface area contributed by atoms with Gasteiger partial charge in [0.15, 0.2) is 0 Å². The normalized spacial score (nSPS) is 10.4. The standard InChI is InChI=1S/C15H15BrFN3O/c1-2-9-20-15(21)14(16)13(10-19-20)18-8-7-11-5-3-4-6-12(11)17/h2-6,10,18H,1,7-9H2. The molecule has 21 heavy (non-hydrogen) atoms. The topological polar surface area (TPSA) is 46.9 Å². The lowest BCUT2D eigenvalue weighted by Crippen LogP contribution is -2.24. The summed E-state index contributed by atoms with van der Waals surface area (Å²) < 4.78 is 15.2. The van der Waals surface area contributed by atoms with Gasteiger partial charge < -0.3 is 5.32 Å². The maximum Gasteiger partial charge on any atom is 0.283 e. The van der Waals surface area contributed by atoms with Crippen LogP contribution in [0.25, 0.3) is 0 Å². The number of rotatable bonds is 6. The first-order valence-electron chi connectivity index (χ1n) is 6.47. The van der Waals surface area contributed by atoms with Gasteiger partial charge >= 0.3 is 0 Å². The first-order chi connectivity index (χ1) is 10.1. The van der Waals surface area contributed by atoms with Crippen LogP contribution in [-0.2, 0) is 13.0 Å². The molecule has 1 aromatic carbocycles. The Hall–Kier alpha value is -1.95. The summed E-state index contributed by atoms with van der Waals surface area (Å²) in [6, 6.07) is 6.63. The third-order valence-corrected chi connectivity index (χ3v) is 3.72. The van der Waals surface area contributed by atoms with Gasteiger partial charge in [-0.3, -0.25) is 4.79 Å². The van der Waals surface area contributed by atoms with Crippen molar-refractivity contribution in [3.8, 4) is 0 Å². The SMILES string of the molecule is C=CCn1ncc(NCCc2ccccc2F)c(Br)c1=O. The van der Waals surface area contributed by atoms with Gasteiger partial charge in [0, 0.05) is 6.54 Å².